The molecular weight excluding hydrogens is 442 g/mol. The van der Waals surface area contributed by atoms with E-state index in [0.29, 0.717) is 43.2 Å². The van der Waals surface area contributed by atoms with Gasteiger partial charge in [0.05, 0.1) is 29.7 Å². The van der Waals surface area contributed by atoms with Gasteiger partial charge >= 0.3 is 12.4 Å². The molecule has 2 saturated heterocycles. The quantitative estimate of drug-likeness (QED) is 0.559. The first kappa shape index (κ1) is 20.7. The summed E-state index contributed by atoms with van der Waals surface area (Å²) in [5.41, 5.74) is 0.522. The van der Waals surface area contributed by atoms with Crippen LogP contribution in [0.5, 0.6) is 0 Å². The maximum atomic E-state index is 12.8. The second-order valence-corrected chi connectivity index (χ2v) is 8.16. The van der Waals surface area contributed by atoms with Gasteiger partial charge in [-0.25, -0.2) is 19.6 Å². The van der Waals surface area contributed by atoms with Crippen LogP contribution in [0.15, 0.2) is 24.8 Å². The molecule has 3 aromatic rings. The number of hydrogen-bond donors (Lipinski definition) is 0. The van der Waals surface area contributed by atoms with E-state index in [0.717, 1.165) is 23.5 Å². The number of alkyl halides is 6. The van der Waals surface area contributed by atoms with Gasteiger partial charge < -0.3 is 9.80 Å². The lowest BCUT2D eigenvalue weighted by Gasteiger charge is -2.49. The van der Waals surface area contributed by atoms with Crippen molar-refractivity contribution in [1.82, 2.24) is 29.7 Å². The van der Waals surface area contributed by atoms with Crippen LogP contribution in [0.1, 0.15) is 12.2 Å². The smallest absolute Gasteiger partial charge is 0.368 e. The maximum absolute atomic E-state index is 12.8. The number of anilines is 2. The number of halogens is 6. The minimum Gasteiger partial charge on any atom is -0.368 e. The summed E-state index contributed by atoms with van der Waals surface area (Å²) in [6.07, 6.45) is -3.13. The Hall–Kier alpha value is -3.19. The molecule has 5 rings (SSSR count). The maximum Gasteiger partial charge on any atom is 0.451 e. The first-order valence-corrected chi connectivity index (χ1v) is 9.66. The molecule has 0 saturated carbocycles. The van der Waals surface area contributed by atoms with Crippen molar-refractivity contribution in [3.63, 3.8) is 0 Å². The van der Waals surface area contributed by atoms with Gasteiger partial charge in [-0.2, -0.15) is 36.4 Å². The highest BCUT2D eigenvalue weighted by molar-refractivity contribution is 5.74. The van der Waals surface area contributed by atoms with Gasteiger partial charge in [0, 0.05) is 37.8 Å². The standard InChI is InChI=1S/C18H16F6N8/c19-17(20,21)10-32-13-11(4-28-32)3-27-15(29-13)30-2-1-16(7-30)8-31(9-16)12-5-25-14(26-6-12)18(22,23)24/h3-6H,1-2,7-10H2. The third-order valence-corrected chi connectivity index (χ3v) is 5.72. The second kappa shape index (κ2) is 6.90. The molecule has 0 N–H and O–H groups in total. The molecule has 5 heterocycles. The van der Waals surface area contributed by atoms with Crippen LogP contribution >= 0.6 is 0 Å². The normalized spacial score (nSPS) is 18.6. The summed E-state index contributed by atoms with van der Waals surface area (Å²) in [4.78, 5) is 19.2. The summed E-state index contributed by atoms with van der Waals surface area (Å²) >= 11 is 0. The van der Waals surface area contributed by atoms with Crippen molar-refractivity contribution in [1.29, 1.82) is 0 Å². The van der Waals surface area contributed by atoms with Crippen LogP contribution in [0.3, 0.4) is 0 Å². The van der Waals surface area contributed by atoms with Crippen LogP contribution in [0.4, 0.5) is 38.0 Å². The van der Waals surface area contributed by atoms with Crippen LogP contribution < -0.4 is 9.80 Å². The van der Waals surface area contributed by atoms with E-state index in [9.17, 15) is 26.3 Å². The second-order valence-electron chi connectivity index (χ2n) is 8.16. The van der Waals surface area contributed by atoms with Crippen molar-refractivity contribution in [3.05, 3.63) is 30.6 Å². The first-order valence-electron chi connectivity index (χ1n) is 9.66. The predicted molar refractivity (Wildman–Crippen MR) is 99.9 cm³/mol. The van der Waals surface area contributed by atoms with Gasteiger partial charge in [-0.05, 0) is 6.42 Å². The Morgan fingerprint density at radius 1 is 0.875 bits per heavy atom. The Kier molecular flexibility index (Phi) is 4.47. The van der Waals surface area contributed by atoms with E-state index < -0.39 is 24.7 Å². The number of hydrogen-bond acceptors (Lipinski definition) is 7. The lowest BCUT2D eigenvalue weighted by Crippen LogP contribution is -2.58. The molecule has 0 aromatic carbocycles. The van der Waals surface area contributed by atoms with E-state index in [4.69, 9.17) is 0 Å². The van der Waals surface area contributed by atoms with Gasteiger partial charge in [-0.1, -0.05) is 0 Å². The Bertz CT molecular complexity index is 1130. The molecule has 0 bridgehead atoms. The average Bonchev–Trinajstić information content (AvgIpc) is 3.30. The topological polar surface area (TPSA) is 75.9 Å². The van der Waals surface area contributed by atoms with E-state index in [1.54, 1.807) is 0 Å². The van der Waals surface area contributed by atoms with Crippen molar-refractivity contribution in [2.45, 2.75) is 25.3 Å². The zero-order valence-electron chi connectivity index (χ0n) is 16.4. The third-order valence-electron chi connectivity index (χ3n) is 5.72. The van der Waals surface area contributed by atoms with Gasteiger partial charge in [0.1, 0.15) is 6.54 Å². The van der Waals surface area contributed by atoms with Gasteiger partial charge in [0.15, 0.2) is 5.65 Å². The summed E-state index contributed by atoms with van der Waals surface area (Å²) in [6, 6.07) is 0. The van der Waals surface area contributed by atoms with Crippen LogP contribution in [0.2, 0.25) is 0 Å². The SMILES string of the molecule is FC(F)(F)Cn1ncc2cnc(N3CCC4(CN(c5cnc(C(F)(F)F)nc5)C4)C3)nc21. The fourth-order valence-corrected chi connectivity index (χ4v) is 4.24. The van der Waals surface area contributed by atoms with E-state index in [1.165, 1.54) is 12.4 Å². The summed E-state index contributed by atoms with van der Waals surface area (Å²) in [5.74, 6) is -0.851. The van der Waals surface area contributed by atoms with Crippen LogP contribution in [-0.2, 0) is 12.7 Å². The molecule has 14 heteroatoms. The number of nitrogens with zero attached hydrogens (tertiary/aromatic N) is 8. The van der Waals surface area contributed by atoms with Crippen molar-refractivity contribution in [2.75, 3.05) is 36.0 Å². The monoisotopic (exact) mass is 458 g/mol. The van der Waals surface area contributed by atoms with Crippen LogP contribution in [-0.4, -0.2) is 62.1 Å². The molecule has 0 amide bonds. The fourth-order valence-electron chi connectivity index (χ4n) is 4.24. The average molecular weight is 458 g/mol. The van der Waals surface area contributed by atoms with E-state index >= 15 is 0 Å². The van der Waals surface area contributed by atoms with E-state index in [2.05, 4.69) is 25.0 Å². The minimum absolute atomic E-state index is 0.104. The molecule has 1 spiro atoms. The molecule has 170 valence electrons. The summed E-state index contributed by atoms with van der Waals surface area (Å²) < 4.78 is 77.0. The molecule has 0 aliphatic carbocycles. The summed E-state index contributed by atoms with van der Waals surface area (Å²) in [7, 11) is 0. The molecule has 8 nitrogen and oxygen atoms in total. The summed E-state index contributed by atoms with van der Waals surface area (Å²) in [6.45, 7) is 1.18. The molecule has 2 aliphatic heterocycles. The lowest BCUT2D eigenvalue weighted by molar-refractivity contribution is -0.145. The highest BCUT2D eigenvalue weighted by Gasteiger charge is 2.48. The Balaban J connectivity index is 1.27. The van der Waals surface area contributed by atoms with Crippen molar-refractivity contribution in [2.24, 2.45) is 5.41 Å². The molecule has 2 aliphatic rings. The molecule has 3 aromatic heterocycles. The van der Waals surface area contributed by atoms with Gasteiger partial charge in [0.2, 0.25) is 11.8 Å². The predicted octanol–water partition coefficient (Wildman–Crippen LogP) is 2.91. The molecule has 0 atom stereocenters. The zero-order chi connectivity index (χ0) is 22.7. The third kappa shape index (κ3) is 3.77. The van der Waals surface area contributed by atoms with E-state index in [-0.39, 0.29) is 11.1 Å². The Morgan fingerprint density at radius 3 is 2.22 bits per heavy atom. The van der Waals surface area contributed by atoms with Crippen LogP contribution in [0.25, 0.3) is 11.0 Å². The van der Waals surface area contributed by atoms with E-state index in [1.807, 2.05) is 9.80 Å². The highest BCUT2D eigenvalue weighted by Crippen LogP contribution is 2.42. The molecule has 0 radical (unpaired) electrons. The number of rotatable bonds is 3. The van der Waals surface area contributed by atoms with Gasteiger partial charge in [-0.15, -0.1) is 0 Å². The largest absolute Gasteiger partial charge is 0.451 e. The fraction of sp³-hybridized carbons (Fsp3) is 0.500. The van der Waals surface area contributed by atoms with Crippen molar-refractivity contribution in [3.8, 4) is 0 Å². The highest BCUT2D eigenvalue weighted by atomic mass is 19.4. The minimum atomic E-state index is -4.59. The zero-order valence-corrected chi connectivity index (χ0v) is 16.4. The van der Waals surface area contributed by atoms with Crippen LogP contribution in [0, 0.1) is 5.41 Å². The Labute approximate surface area is 176 Å². The molecular formula is C18H16F6N8. The van der Waals surface area contributed by atoms with Gasteiger partial charge in [0.25, 0.3) is 0 Å². The molecule has 0 unspecified atom stereocenters. The number of fused-ring (bicyclic) bond motifs is 1. The first-order chi connectivity index (χ1) is 15.0. The lowest BCUT2D eigenvalue weighted by atomic mass is 9.79. The number of aromatic nitrogens is 6. The Morgan fingerprint density at radius 2 is 1.56 bits per heavy atom. The molecule has 32 heavy (non-hydrogen) atoms. The van der Waals surface area contributed by atoms with Gasteiger partial charge in [-0.3, -0.25) is 0 Å². The van der Waals surface area contributed by atoms with Crippen molar-refractivity contribution >= 4 is 22.7 Å². The summed E-state index contributed by atoms with van der Waals surface area (Å²) in [5, 5.41) is 4.18. The van der Waals surface area contributed by atoms with Crippen molar-refractivity contribution < 1.29 is 26.3 Å². The molecule has 2 fully saturated rings.